The zero-order chi connectivity index (χ0) is 21.8. The van der Waals surface area contributed by atoms with Crippen LogP contribution >= 0.6 is 46.4 Å². The van der Waals surface area contributed by atoms with Crippen LogP contribution in [0.1, 0.15) is 18.4 Å². The highest BCUT2D eigenvalue weighted by atomic mass is 35.5. The number of hydrogen-bond acceptors (Lipinski definition) is 4. The zero-order valence-electron chi connectivity index (χ0n) is 15.5. The summed E-state index contributed by atoms with van der Waals surface area (Å²) in [6.45, 7) is 1.13. The van der Waals surface area contributed by atoms with Gasteiger partial charge in [0.2, 0.25) is 5.91 Å². The van der Waals surface area contributed by atoms with E-state index in [0.717, 1.165) is 5.69 Å². The third-order valence-electron chi connectivity index (χ3n) is 4.83. The number of hydrogen-bond donors (Lipinski definition) is 2. The van der Waals surface area contributed by atoms with Gasteiger partial charge in [0.05, 0.1) is 37.0 Å². The summed E-state index contributed by atoms with van der Waals surface area (Å²) >= 11 is 24.0. The molecular formula is C20H16Cl4N4O2. The molecule has 30 heavy (non-hydrogen) atoms. The molecule has 0 aliphatic carbocycles. The molecule has 0 aromatic heterocycles. The molecule has 0 bridgehead atoms. The van der Waals surface area contributed by atoms with Crippen LogP contribution in [0.3, 0.4) is 0 Å². The van der Waals surface area contributed by atoms with Gasteiger partial charge < -0.3 is 10.2 Å². The van der Waals surface area contributed by atoms with Crippen molar-refractivity contribution in [3.8, 4) is 6.07 Å². The monoisotopic (exact) mass is 484 g/mol. The summed E-state index contributed by atoms with van der Waals surface area (Å²) in [5.74, 6) is -0.712. The first kappa shape index (κ1) is 22.5. The average Bonchev–Trinajstić information content (AvgIpc) is 2.74. The lowest BCUT2D eigenvalue weighted by atomic mass is 9.95. The molecule has 2 aromatic carbocycles. The number of piperidine rings is 1. The summed E-state index contributed by atoms with van der Waals surface area (Å²) in [5, 5.41) is 15.0. The Labute approximate surface area is 193 Å². The van der Waals surface area contributed by atoms with Crippen LogP contribution in [-0.2, 0) is 4.79 Å². The van der Waals surface area contributed by atoms with Crippen LogP contribution in [0, 0.1) is 17.2 Å². The lowest BCUT2D eigenvalue weighted by Crippen LogP contribution is -2.43. The summed E-state index contributed by atoms with van der Waals surface area (Å²) in [6, 6.07) is 9.70. The number of amides is 3. The van der Waals surface area contributed by atoms with Crippen molar-refractivity contribution in [3.63, 3.8) is 0 Å². The van der Waals surface area contributed by atoms with Gasteiger partial charge in [-0.25, -0.2) is 4.79 Å². The molecule has 2 aromatic rings. The van der Waals surface area contributed by atoms with Crippen LogP contribution in [0.15, 0.2) is 30.3 Å². The van der Waals surface area contributed by atoms with E-state index in [1.165, 1.54) is 12.1 Å². The molecule has 1 aliphatic heterocycles. The van der Waals surface area contributed by atoms with Gasteiger partial charge in [0.1, 0.15) is 6.07 Å². The van der Waals surface area contributed by atoms with Gasteiger partial charge in [-0.3, -0.25) is 10.1 Å². The Hall–Kier alpha value is -2.17. The van der Waals surface area contributed by atoms with Gasteiger partial charge in [0.25, 0.3) is 0 Å². The van der Waals surface area contributed by atoms with Crippen molar-refractivity contribution < 1.29 is 9.59 Å². The van der Waals surface area contributed by atoms with Gasteiger partial charge in [-0.1, -0.05) is 52.5 Å². The van der Waals surface area contributed by atoms with E-state index < -0.39 is 6.03 Å². The van der Waals surface area contributed by atoms with E-state index in [4.69, 9.17) is 46.4 Å². The highest BCUT2D eigenvalue weighted by molar-refractivity contribution is 6.49. The van der Waals surface area contributed by atoms with E-state index >= 15 is 0 Å². The zero-order valence-corrected chi connectivity index (χ0v) is 18.5. The van der Waals surface area contributed by atoms with E-state index in [2.05, 4.69) is 16.7 Å². The Morgan fingerprint density at radius 1 is 1.00 bits per heavy atom. The number of imide groups is 1. The third kappa shape index (κ3) is 4.93. The fraction of sp³-hybridized carbons (Fsp3) is 0.250. The summed E-state index contributed by atoms with van der Waals surface area (Å²) in [7, 11) is 0. The van der Waals surface area contributed by atoms with Crippen molar-refractivity contribution in [2.24, 2.45) is 5.92 Å². The quantitative estimate of drug-likeness (QED) is 0.543. The number of carbonyl (C=O) groups is 2. The van der Waals surface area contributed by atoms with Crippen molar-refractivity contribution in [3.05, 3.63) is 56.0 Å². The van der Waals surface area contributed by atoms with Crippen LogP contribution in [0.5, 0.6) is 0 Å². The predicted octanol–water partition coefficient (Wildman–Crippen LogP) is 5.74. The first-order chi connectivity index (χ1) is 14.3. The number of nitriles is 1. The molecule has 3 amide bonds. The number of rotatable bonds is 3. The molecule has 1 aliphatic rings. The first-order valence-corrected chi connectivity index (χ1v) is 10.5. The smallest absolute Gasteiger partial charge is 0.325 e. The number of nitrogens with zero attached hydrogens (tertiary/aromatic N) is 2. The molecule has 0 radical (unpaired) electrons. The molecule has 3 rings (SSSR count). The molecule has 156 valence electrons. The fourth-order valence-electron chi connectivity index (χ4n) is 3.26. The molecule has 1 heterocycles. The SMILES string of the molecule is N#Cc1c(Cl)cccc1N1CCC(C(=O)NC(=O)Nc2ccc(Cl)c(Cl)c2Cl)CC1. The Kier molecular flexibility index (Phi) is 7.32. The Bertz CT molecular complexity index is 1030. The van der Waals surface area contributed by atoms with E-state index in [0.29, 0.717) is 36.5 Å². The average molecular weight is 486 g/mol. The molecular weight excluding hydrogens is 470 g/mol. The van der Waals surface area contributed by atoms with Crippen LogP contribution in [-0.4, -0.2) is 25.0 Å². The Morgan fingerprint density at radius 2 is 1.70 bits per heavy atom. The molecule has 0 spiro atoms. The third-order valence-corrected chi connectivity index (χ3v) is 6.44. The highest BCUT2D eigenvalue weighted by Crippen LogP contribution is 2.35. The molecule has 2 N–H and O–H groups in total. The predicted molar refractivity (Wildman–Crippen MR) is 120 cm³/mol. The number of urea groups is 1. The summed E-state index contributed by atoms with van der Waals surface area (Å²) in [4.78, 5) is 26.7. The Morgan fingerprint density at radius 3 is 2.37 bits per heavy atom. The summed E-state index contributed by atoms with van der Waals surface area (Å²) in [6.07, 6.45) is 1.06. The minimum Gasteiger partial charge on any atom is -0.370 e. The maximum Gasteiger partial charge on any atom is 0.325 e. The molecule has 0 unspecified atom stereocenters. The van der Waals surface area contributed by atoms with Crippen LogP contribution < -0.4 is 15.5 Å². The van der Waals surface area contributed by atoms with Gasteiger partial charge in [-0.2, -0.15) is 5.26 Å². The van der Waals surface area contributed by atoms with Crippen molar-refractivity contribution >= 4 is 69.7 Å². The molecule has 6 nitrogen and oxygen atoms in total. The Balaban J connectivity index is 1.57. The minimum atomic E-state index is -0.704. The van der Waals surface area contributed by atoms with Crippen molar-refractivity contribution in [1.82, 2.24) is 5.32 Å². The minimum absolute atomic E-state index is 0.0925. The van der Waals surface area contributed by atoms with Gasteiger partial charge in [0.15, 0.2) is 0 Å². The van der Waals surface area contributed by atoms with Crippen molar-refractivity contribution in [2.75, 3.05) is 23.3 Å². The highest BCUT2D eigenvalue weighted by Gasteiger charge is 2.27. The number of carbonyl (C=O) groups excluding carboxylic acids is 2. The summed E-state index contributed by atoms with van der Waals surface area (Å²) < 4.78 is 0. The van der Waals surface area contributed by atoms with Gasteiger partial charge in [-0.15, -0.1) is 0 Å². The van der Waals surface area contributed by atoms with E-state index in [1.54, 1.807) is 12.1 Å². The van der Waals surface area contributed by atoms with Crippen LogP contribution in [0.25, 0.3) is 0 Å². The fourth-order valence-corrected chi connectivity index (χ4v) is 4.05. The number of halogens is 4. The topological polar surface area (TPSA) is 85.2 Å². The lowest BCUT2D eigenvalue weighted by Gasteiger charge is -2.33. The number of benzene rings is 2. The number of nitrogens with one attached hydrogen (secondary N) is 2. The van der Waals surface area contributed by atoms with E-state index in [-0.39, 0.29) is 32.6 Å². The van der Waals surface area contributed by atoms with Gasteiger partial charge in [0, 0.05) is 19.0 Å². The van der Waals surface area contributed by atoms with E-state index in [1.807, 2.05) is 11.0 Å². The summed E-state index contributed by atoms with van der Waals surface area (Å²) in [5.41, 5.74) is 1.41. The van der Waals surface area contributed by atoms with Gasteiger partial charge >= 0.3 is 6.03 Å². The standard InChI is InChI=1S/C20H16Cl4N4O2/c21-13-2-1-3-16(12(13)10-25)28-8-6-11(7-9-28)19(29)27-20(30)26-15-5-4-14(22)17(23)18(15)24/h1-5,11H,6-9H2,(H2,26,27,29,30). The maximum absolute atomic E-state index is 12.5. The van der Waals surface area contributed by atoms with Crippen molar-refractivity contribution in [2.45, 2.75) is 12.8 Å². The second-order valence-electron chi connectivity index (χ2n) is 6.67. The lowest BCUT2D eigenvalue weighted by molar-refractivity contribution is -0.124. The first-order valence-electron chi connectivity index (χ1n) is 9.00. The molecule has 0 atom stereocenters. The molecule has 1 saturated heterocycles. The second-order valence-corrected chi connectivity index (χ2v) is 8.24. The van der Waals surface area contributed by atoms with Crippen LogP contribution in [0.2, 0.25) is 20.1 Å². The molecule has 0 saturated carbocycles. The molecule has 10 heteroatoms. The maximum atomic E-state index is 12.5. The second kappa shape index (κ2) is 9.76. The van der Waals surface area contributed by atoms with Crippen molar-refractivity contribution in [1.29, 1.82) is 5.26 Å². The number of anilines is 2. The van der Waals surface area contributed by atoms with Crippen LogP contribution in [0.4, 0.5) is 16.2 Å². The normalized spacial score (nSPS) is 14.2. The largest absolute Gasteiger partial charge is 0.370 e. The molecule has 1 fully saturated rings. The van der Waals surface area contributed by atoms with E-state index in [9.17, 15) is 14.9 Å². The van der Waals surface area contributed by atoms with Gasteiger partial charge in [-0.05, 0) is 37.1 Å².